The van der Waals surface area contributed by atoms with Crippen molar-refractivity contribution >= 4 is 5.94 Å². The molecule has 0 unspecified atom stereocenters. The van der Waals surface area contributed by atoms with Crippen LogP contribution in [0.1, 0.15) is 5.56 Å². The molecule has 0 spiro atoms. The van der Waals surface area contributed by atoms with E-state index in [2.05, 4.69) is 0 Å². The summed E-state index contributed by atoms with van der Waals surface area (Å²) < 4.78 is 10.3. The topological polar surface area (TPSA) is 35.5 Å². The van der Waals surface area contributed by atoms with Gasteiger partial charge in [-0.2, -0.15) is 0 Å². The van der Waals surface area contributed by atoms with Gasteiger partial charge in [-0.15, -0.1) is 0 Å². The van der Waals surface area contributed by atoms with Gasteiger partial charge in [-0.05, 0) is 12.1 Å². The summed E-state index contributed by atoms with van der Waals surface area (Å²) >= 11 is 0. The first-order valence-corrected chi connectivity index (χ1v) is 4.22. The fourth-order valence-electron chi connectivity index (χ4n) is 1.27. The Morgan fingerprint density at radius 2 is 1.86 bits per heavy atom. The first kappa shape index (κ1) is 10.4. The molecule has 0 aromatic heterocycles. The molecule has 0 radical (unpaired) electrons. The molecule has 0 bridgehead atoms. The van der Waals surface area contributed by atoms with E-state index in [1.54, 1.807) is 20.2 Å². The Kier molecular flexibility index (Phi) is 3.77. The zero-order valence-electron chi connectivity index (χ0n) is 8.24. The number of methoxy groups -OCH3 is 2. The molecular weight excluding hydrogens is 180 g/mol. The highest BCUT2D eigenvalue weighted by Crippen LogP contribution is 2.28. The minimum absolute atomic E-state index is 0.469. The van der Waals surface area contributed by atoms with E-state index in [1.165, 1.54) is 6.08 Å². The molecule has 0 fully saturated rings. The normalized spacial score (nSPS) is 9.00. The fraction of sp³-hybridized carbons (Fsp3) is 0.273. The minimum atomic E-state index is 0.469. The van der Waals surface area contributed by atoms with Crippen molar-refractivity contribution in [3.8, 4) is 11.5 Å². The largest absolute Gasteiger partial charge is 0.496 e. The molecule has 0 amide bonds. The predicted octanol–water partition coefficient (Wildman–Crippen LogP) is 1.63. The Morgan fingerprint density at radius 1 is 1.29 bits per heavy atom. The van der Waals surface area contributed by atoms with E-state index in [9.17, 15) is 4.79 Å². The second-order valence-corrected chi connectivity index (χ2v) is 2.67. The van der Waals surface area contributed by atoms with E-state index in [0.29, 0.717) is 6.42 Å². The Bertz CT molecular complexity index is 329. The maximum atomic E-state index is 10.1. The fourth-order valence-corrected chi connectivity index (χ4v) is 1.27. The highest BCUT2D eigenvalue weighted by Gasteiger charge is 2.07. The first-order chi connectivity index (χ1) is 6.83. The molecule has 14 heavy (non-hydrogen) atoms. The maximum absolute atomic E-state index is 10.1. The Labute approximate surface area is 83.0 Å². The highest BCUT2D eigenvalue weighted by atomic mass is 16.5. The predicted molar refractivity (Wildman–Crippen MR) is 53.5 cm³/mol. The third-order valence-electron chi connectivity index (χ3n) is 1.92. The summed E-state index contributed by atoms with van der Waals surface area (Å²) in [4.78, 5) is 10.1. The van der Waals surface area contributed by atoms with Gasteiger partial charge in [0.2, 0.25) is 0 Å². The highest BCUT2D eigenvalue weighted by molar-refractivity contribution is 5.51. The molecule has 0 atom stereocenters. The number of allylic oxidation sites excluding steroid dienone is 1. The van der Waals surface area contributed by atoms with Crippen molar-refractivity contribution in [2.24, 2.45) is 0 Å². The van der Waals surface area contributed by atoms with Gasteiger partial charge in [0.05, 0.1) is 14.2 Å². The van der Waals surface area contributed by atoms with Crippen molar-refractivity contribution in [2.75, 3.05) is 14.2 Å². The van der Waals surface area contributed by atoms with Crippen LogP contribution in [0.4, 0.5) is 0 Å². The quantitative estimate of drug-likeness (QED) is 0.680. The summed E-state index contributed by atoms with van der Waals surface area (Å²) in [6.45, 7) is 0. The molecule has 74 valence electrons. The van der Waals surface area contributed by atoms with Crippen molar-refractivity contribution in [1.29, 1.82) is 0 Å². The van der Waals surface area contributed by atoms with Crippen molar-refractivity contribution < 1.29 is 14.3 Å². The lowest BCUT2D eigenvalue weighted by atomic mass is 10.1. The lowest BCUT2D eigenvalue weighted by Crippen LogP contribution is -1.95. The SMILES string of the molecule is COc1cccc(OC)c1CC=C=O. The zero-order valence-corrected chi connectivity index (χ0v) is 8.24. The van der Waals surface area contributed by atoms with Crippen LogP contribution in [0.5, 0.6) is 11.5 Å². The summed E-state index contributed by atoms with van der Waals surface area (Å²) in [6.07, 6.45) is 1.87. The van der Waals surface area contributed by atoms with E-state index in [-0.39, 0.29) is 0 Å². The molecule has 1 rings (SSSR count). The molecule has 1 aromatic carbocycles. The van der Waals surface area contributed by atoms with Gasteiger partial charge in [-0.25, -0.2) is 4.79 Å². The van der Waals surface area contributed by atoms with E-state index in [4.69, 9.17) is 9.47 Å². The van der Waals surface area contributed by atoms with Gasteiger partial charge in [0, 0.05) is 18.1 Å². The van der Waals surface area contributed by atoms with Crippen LogP contribution in [-0.4, -0.2) is 20.2 Å². The Morgan fingerprint density at radius 3 is 2.29 bits per heavy atom. The van der Waals surface area contributed by atoms with E-state index in [0.717, 1.165) is 17.1 Å². The molecule has 0 saturated carbocycles. The van der Waals surface area contributed by atoms with Gasteiger partial charge in [0.1, 0.15) is 17.4 Å². The van der Waals surface area contributed by atoms with E-state index < -0.39 is 0 Å². The van der Waals surface area contributed by atoms with Crippen molar-refractivity contribution in [1.82, 2.24) is 0 Å². The van der Waals surface area contributed by atoms with Crippen LogP contribution < -0.4 is 9.47 Å². The van der Waals surface area contributed by atoms with E-state index in [1.807, 2.05) is 18.2 Å². The molecule has 0 aliphatic carbocycles. The lowest BCUT2D eigenvalue weighted by Gasteiger charge is -2.10. The number of rotatable bonds is 4. The van der Waals surface area contributed by atoms with E-state index >= 15 is 0 Å². The molecule has 3 nitrogen and oxygen atoms in total. The van der Waals surface area contributed by atoms with Crippen LogP contribution in [0.3, 0.4) is 0 Å². The standard InChI is InChI=1S/C11H12O3/c1-13-10-6-3-7-11(14-2)9(10)5-4-8-12/h3-4,6-7H,5H2,1-2H3. The molecule has 0 N–H and O–H groups in total. The summed E-state index contributed by atoms with van der Waals surface area (Å²) in [7, 11) is 3.17. The van der Waals surface area contributed by atoms with Crippen molar-refractivity contribution in [3.05, 3.63) is 29.8 Å². The molecule has 3 heteroatoms. The number of hydrogen-bond donors (Lipinski definition) is 0. The summed E-state index contributed by atoms with van der Waals surface area (Å²) in [5.41, 5.74) is 0.862. The second-order valence-electron chi connectivity index (χ2n) is 2.67. The van der Waals surface area contributed by atoms with Gasteiger partial charge in [-0.3, -0.25) is 0 Å². The lowest BCUT2D eigenvalue weighted by molar-refractivity contribution is 0.387. The Balaban J connectivity index is 3.11. The van der Waals surface area contributed by atoms with Crippen molar-refractivity contribution in [2.45, 2.75) is 6.42 Å². The summed E-state index contributed by atoms with van der Waals surface area (Å²) in [5.74, 6) is 3.17. The van der Waals surface area contributed by atoms with Gasteiger partial charge in [-0.1, -0.05) is 6.07 Å². The smallest absolute Gasteiger partial charge is 0.126 e. The van der Waals surface area contributed by atoms with Gasteiger partial charge < -0.3 is 9.47 Å². The van der Waals surface area contributed by atoms with Gasteiger partial charge in [0.15, 0.2) is 0 Å². The van der Waals surface area contributed by atoms with Crippen LogP contribution in [-0.2, 0) is 11.2 Å². The molecular formula is C11H12O3. The Hall–Kier alpha value is -1.73. The number of carbonyl (C=O) groups excluding carboxylic acids is 1. The molecule has 0 aliphatic rings. The van der Waals surface area contributed by atoms with Crippen molar-refractivity contribution in [3.63, 3.8) is 0 Å². The molecule has 0 aliphatic heterocycles. The zero-order chi connectivity index (χ0) is 10.4. The second kappa shape index (κ2) is 5.10. The van der Waals surface area contributed by atoms with Crippen LogP contribution in [0.2, 0.25) is 0 Å². The third kappa shape index (κ3) is 2.15. The molecule has 0 heterocycles. The summed E-state index contributed by atoms with van der Waals surface area (Å²) in [5, 5.41) is 0. The van der Waals surface area contributed by atoms with Crippen LogP contribution in [0.25, 0.3) is 0 Å². The minimum Gasteiger partial charge on any atom is -0.496 e. The average Bonchev–Trinajstić information content (AvgIpc) is 2.25. The van der Waals surface area contributed by atoms with Crippen LogP contribution in [0, 0.1) is 0 Å². The van der Waals surface area contributed by atoms with Crippen LogP contribution in [0.15, 0.2) is 24.3 Å². The maximum Gasteiger partial charge on any atom is 0.126 e. The average molecular weight is 192 g/mol. The first-order valence-electron chi connectivity index (χ1n) is 4.22. The molecule has 1 aromatic rings. The van der Waals surface area contributed by atoms with Gasteiger partial charge in [0.25, 0.3) is 0 Å². The summed E-state index contributed by atoms with van der Waals surface area (Å²) in [6, 6.07) is 5.50. The van der Waals surface area contributed by atoms with Crippen LogP contribution >= 0.6 is 0 Å². The van der Waals surface area contributed by atoms with Gasteiger partial charge >= 0.3 is 0 Å². The third-order valence-corrected chi connectivity index (χ3v) is 1.92. The monoisotopic (exact) mass is 192 g/mol. The number of hydrogen-bond acceptors (Lipinski definition) is 3. The number of ether oxygens (including phenoxy) is 2. The molecule has 0 saturated heterocycles. The number of benzene rings is 1.